The molecule has 3 rings (SSSR count). The van der Waals surface area contributed by atoms with E-state index >= 15 is 0 Å². The number of hydrogen-bond acceptors (Lipinski definition) is 6. The van der Waals surface area contributed by atoms with E-state index in [4.69, 9.17) is 11.6 Å². The predicted octanol–water partition coefficient (Wildman–Crippen LogP) is 4.16. The predicted molar refractivity (Wildman–Crippen MR) is 115 cm³/mol. The van der Waals surface area contributed by atoms with Gasteiger partial charge < -0.3 is 0 Å². The summed E-state index contributed by atoms with van der Waals surface area (Å²) in [7, 11) is -3.77. The Kier molecular flexibility index (Phi) is 6.33. The number of carbonyl (C=O) groups is 1. The number of halogens is 1. The van der Waals surface area contributed by atoms with Crippen LogP contribution in [0.15, 0.2) is 23.1 Å². The molecule has 2 heterocycles. The zero-order chi connectivity index (χ0) is 21.4. The van der Waals surface area contributed by atoms with Gasteiger partial charge in [0, 0.05) is 24.1 Å². The van der Waals surface area contributed by atoms with E-state index in [1.165, 1.54) is 33.8 Å². The number of nitrogens with one attached hydrogen (secondary N) is 1. The molecule has 1 fully saturated rings. The maximum absolute atomic E-state index is 13.1. The normalized spacial score (nSPS) is 18.6. The van der Waals surface area contributed by atoms with Gasteiger partial charge in [-0.05, 0) is 37.0 Å². The number of aromatic nitrogens is 2. The summed E-state index contributed by atoms with van der Waals surface area (Å²) in [5, 5.41) is 12.1. The van der Waals surface area contributed by atoms with Crippen molar-refractivity contribution in [3.05, 3.63) is 33.8 Å². The quantitative estimate of drug-likeness (QED) is 0.745. The lowest BCUT2D eigenvalue weighted by Gasteiger charge is -2.30. The third kappa shape index (κ3) is 4.96. The van der Waals surface area contributed by atoms with Gasteiger partial charge in [-0.25, -0.2) is 8.42 Å². The van der Waals surface area contributed by atoms with Crippen LogP contribution in [0.2, 0.25) is 5.02 Å². The fraction of sp³-hybridized carbons (Fsp3) is 0.526. The van der Waals surface area contributed by atoms with E-state index in [9.17, 15) is 13.2 Å². The molecule has 1 aromatic heterocycles. The van der Waals surface area contributed by atoms with Gasteiger partial charge in [0.05, 0.1) is 5.02 Å². The van der Waals surface area contributed by atoms with E-state index in [-0.39, 0.29) is 26.8 Å². The van der Waals surface area contributed by atoms with Crippen molar-refractivity contribution in [3.8, 4) is 0 Å². The average Bonchev–Trinajstić information content (AvgIpc) is 3.11. The smallest absolute Gasteiger partial charge is 0.257 e. The van der Waals surface area contributed by atoms with Crippen LogP contribution < -0.4 is 5.32 Å². The monoisotopic (exact) mass is 456 g/mol. The highest BCUT2D eigenvalue weighted by molar-refractivity contribution is 7.89. The molecule has 0 saturated carbocycles. The number of carbonyl (C=O) groups excluding carboxylic acids is 1. The second kappa shape index (κ2) is 8.29. The fourth-order valence-electron chi connectivity index (χ4n) is 3.09. The topological polar surface area (TPSA) is 92.3 Å². The maximum Gasteiger partial charge on any atom is 0.257 e. The van der Waals surface area contributed by atoms with Crippen molar-refractivity contribution in [2.45, 2.75) is 50.8 Å². The van der Waals surface area contributed by atoms with E-state index < -0.39 is 15.9 Å². The molecule has 0 spiro atoms. The Morgan fingerprint density at radius 1 is 1.31 bits per heavy atom. The van der Waals surface area contributed by atoms with Gasteiger partial charge in [-0.2, -0.15) is 4.31 Å². The molecule has 0 aliphatic carbocycles. The van der Waals surface area contributed by atoms with E-state index in [0.29, 0.717) is 18.2 Å². The summed E-state index contributed by atoms with van der Waals surface area (Å²) in [6.45, 7) is 8.97. The molecule has 1 saturated heterocycles. The molecule has 1 aliphatic rings. The third-order valence-electron chi connectivity index (χ3n) is 4.72. The van der Waals surface area contributed by atoms with Gasteiger partial charge in [-0.3, -0.25) is 10.1 Å². The minimum Gasteiger partial charge on any atom is -0.296 e. The molecule has 7 nitrogen and oxygen atoms in total. The minimum atomic E-state index is -3.77. The second-order valence-corrected chi connectivity index (χ2v) is 11.7. The van der Waals surface area contributed by atoms with Crippen molar-refractivity contribution in [2.24, 2.45) is 5.92 Å². The molecule has 1 atom stereocenters. The minimum absolute atomic E-state index is 0.0476. The maximum atomic E-state index is 13.1. The SMILES string of the molecule is CC1CCCN(S(=O)(=O)c2cc(C(=O)Nc3nnc(C(C)(C)C)s3)ccc2Cl)C1. The Labute approximate surface area is 180 Å². The molecule has 10 heteroatoms. The van der Waals surface area contributed by atoms with Crippen molar-refractivity contribution in [3.63, 3.8) is 0 Å². The number of amides is 1. The van der Waals surface area contributed by atoms with Crippen LogP contribution in [0.25, 0.3) is 0 Å². The van der Waals surface area contributed by atoms with Gasteiger partial charge in [0.15, 0.2) is 0 Å². The van der Waals surface area contributed by atoms with E-state index in [1.54, 1.807) is 0 Å². The zero-order valence-electron chi connectivity index (χ0n) is 16.9. The molecule has 1 amide bonds. The van der Waals surface area contributed by atoms with Crippen LogP contribution in [-0.4, -0.2) is 41.9 Å². The van der Waals surface area contributed by atoms with Gasteiger partial charge in [-0.15, -0.1) is 10.2 Å². The van der Waals surface area contributed by atoms with Gasteiger partial charge in [0.1, 0.15) is 9.90 Å². The van der Waals surface area contributed by atoms with Crippen LogP contribution in [-0.2, 0) is 15.4 Å². The highest BCUT2D eigenvalue weighted by Crippen LogP contribution is 2.30. The lowest BCUT2D eigenvalue weighted by atomic mass is 9.98. The molecular formula is C19H25ClN4O3S2. The molecular weight excluding hydrogens is 432 g/mol. The molecule has 1 aromatic carbocycles. The Bertz CT molecular complexity index is 1010. The summed E-state index contributed by atoms with van der Waals surface area (Å²) < 4.78 is 27.6. The van der Waals surface area contributed by atoms with Crippen LogP contribution in [0.4, 0.5) is 5.13 Å². The van der Waals surface area contributed by atoms with Crippen molar-refractivity contribution in [2.75, 3.05) is 18.4 Å². The van der Waals surface area contributed by atoms with E-state index in [2.05, 4.69) is 15.5 Å². The first-order valence-corrected chi connectivity index (χ1v) is 12.1. The van der Waals surface area contributed by atoms with Gasteiger partial charge in [0.25, 0.3) is 5.91 Å². The summed E-state index contributed by atoms with van der Waals surface area (Å²) in [5.41, 5.74) is 0.0267. The highest BCUT2D eigenvalue weighted by Gasteiger charge is 2.31. The second-order valence-electron chi connectivity index (χ2n) is 8.37. The number of nitrogens with zero attached hydrogens (tertiary/aromatic N) is 3. The fourth-order valence-corrected chi connectivity index (χ4v) is 5.99. The van der Waals surface area contributed by atoms with Crippen LogP contribution in [0.1, 0.15) is 55.9 Å². The Hall–Kier alpha value is -1.55. The van der Waals surface area contributed by atoms with Crippen molar-refractivity contribution in [1.82, 2.24) is 14.5 Å². The molecule has 1 aliphatic heterocycles. The first-order chi connectivity index (χ1) is 13.5. The van der Waals surface area contributed by atoms with E-state index in [1.807, 2.05) is 27.7 Å². The van der Waals surface area contributed by atoms with E-state index in [0.717, 1.165) is 17.8 Å². The zero-order valence-corrected chi connectivity index (χ0v) is 19.3. The molecule has 158 valence electrons. The standard InChI is InChI=1S/C19H25ClN4O3S2/c1-12-6-5-9-24(11-12)29(26,27)15-10-13(7-8-14(15)20)16(25)21-18-23-22-17(28-18)19(2,3)4/h7-8,10,12H,5-6,9,11H2,1-4H3,(H,21,23,25). The van der Waals surface area contributed by atoms with Crippen molar-refractivity contribution in [1.29, 1.82) is 0 Å². The number of rotatable bonds is 4. The van der Waals surface area contributed by atoms with Crippen molar-refractivity contribution >= 4 is 44.0 Å². The number of benzene rings is 1. The lowest BCUT2D eigenvalue weighted by Crippen LogP contribution is -2.39. The Morgan fingerprint density at radius 3 is 2.66 bits per heavy atom. The van der Waals surface area contributed by atoms with Gasteiger partial charge in [0.2, 0.25) is 15.2 Å². The molecule has 1 N–H and O–H groups in total. The largest absolute Gasteiger partial charge is 0.296 e. The third-order valence-corrected chi connectivity index (χ3v) is 8.33. The number of piperidine rings is 1. The van der Waals surface area contributed by atoms with Crippen LogP contribution in [0.3, 0.4) is 0 Å². The molecule has 29 heavy (non-hydrogen) atoms. The average molecular weight is 457 g/mol. The van der Waals surface area contributed by atoms with Crippen LogP contribution in [0, 0.1) is 5.92 Å². The molecule has 0 radical (unpaired) electrons. The molecule has 1 unspecified atom stereocenters. The van der Waals surface area contributed by atoms with Crippen LogP contribution >= 0.6 is 22.9 Å². The molecule has 0 bridgehead atoms. The number of hydrogen-bond donors (Lipinski definition) is 1. The summed E-state index contributed by atoms with van der Waals surface area (Å²) >= 11 is 7.49. The van der Waals surface area contributed by atoms with Gasteiger partial charge in [-0.1, -0.05) is 50.6 Å². The summed E-state index contributed by atoms with van der Waals surface area (Å²) in [6, 6.07) is 4.27. The Morgan fingerprint density at radius 2 is 2.03 bits per heavy atom. The summed E-state index contributed by atoms with van der Waals surface area (Å²) in [4.78, 5) is 12.6. The van der Waals surface area contributed by atoms with Gasteiger partial charge >= 0.3 is 0 Å². The summed E-state index contributed by atoms with van der Waals surface area (Å²) in [6.07, 6.45) is 1.81. The number of anilines is 1. The van der Waals surface area contributed by atoms with Crippen molar-refractivity contribution < 1.29 is 13.2 Å². The first kappa shape index (κ1) is 22.1. The highest BCUT2D eigenvalue weighted by atomic mass is 35.5. The number of sulfonamides is 1. The molecule has 2 aromatic rings. The lowest BCUT2D eigenvalue weighted by molar-refractivity contribution is 0.102. The Balaban J connectivity index is 1.84. The first-order valence-electron chi connectivity index (χ1n) is 9.43. The van der Waals surface area contributed by atoms with Crippen LogP contribution in [0.5, 0.6) is 0 Å². The summed E-state index contributed by atoms with van der Waals surface area (Å²) in [5.74, 6) is -0.167.